The lowest BCUT2D eigenvalue weighted by molar-refractivity contribution is 0.395. The van der Waals surface area contributed by atoms with E-state index in [0.717, 1.165) is 11.3 Å². The monoisotopic (exact) mass is 279 g/mol. The van der Waals surface area contributed by atoms with Gasteiger partial charge in [-0.15, -0.1) is 0 Å². The molecule has 100 valence electrons. The van der Waals surface area contributed by atoms with Crippen molar-refractivity contribution in [3.63, 3.8) is 0 Å². The Morgan fingerprint density at radius 3 is 2.79 bits per heavy atom. The molecule has 7 heteroatoms. The van der Waals surface area contributed by atoms with Crippen molar-refractivity contribution in [2.24, 2.45) is 0 Å². The third-order valence-corrected chi connectivity index (χ3v) is 2.89. The highest BCUT2D eigenvalue weighted by molar-refractivity contribution is 6.30. The molecule has 2 rings (SSSR count). The second-order valence-corrected chi connectivity index (χ2v) is 4.27. The van der Waals surface area contributed by atoms with Crippen molar-refractivity contribution in [2.75, 3.05) is 19.9 Å². The van der Waals surface area contributed by atoms with E-state index >= 15 is 0 Å². The van der Waals surface area contributed by atoms with Gasteiger partial charge in [0.25, 0.3) is 0 Å². The lowest BCUT2D eigenvalue weighted by Gasteiger charge is -2.17. The van der Waals surface area contributed by atoms with Gasteiger partial charge in [0.1, 0.15) is 12.1 Å². The molecule has 1 unspecified atom stereocenters. The van der Waals surface area contributed by atoms with E-state index in [9.17, 15) is 0 Å². The third kappa shape index (κ3) is 2.91. The summed E-state index contributed by atoms with van der Waals surface area (Å²) < 4.78 is 5.09. The van der Waals surface area contributed by atoms with Crippen LogP contribution < -0.4 is 15.8 Å². The molecule has 0 fully saturated rings. The second-order valence-electron chi connectivity index (χ2n) is 3.83. The SMILES string of the molecule is CNC(c1cc(OC)ncn1)c1cc(Cl)cnc1N. The summed E-state index contributed by atoms with van der Waals surface area (Å²) in [6, 6.07) is 3.27. The summed E-state index contributed by atoms with van der Waals surface area (Å²) in [6.07, 6.45) is 2.94. The molecule has 2 aromatic rings. The molecule has 0 saturated carbocycles. The number of ether oxygens (including phenoxy) is 1. The molecule has 19 heavy (non-hydrogen) atoms. The smallest absolute Gasteiger partial charge is 0.216 e. The number of rotatable bonds is 4. The molecule has 0 amide bonds. The first-order valence-electron chi connectivity index (χ1n) is 5.59. The van der Waals surface area contributed by atoms with Crippen LogP contribution in [0, 0.1) is 0 Å². The fourth-order valence-corrected chi connectivity index (χ4v) is 1.95. The van der Waals surface area contributed by atoms with Crippen LogP contribution >= 0.6 is 11.6 Å². The van der Waals surface area contributed by atoms with E-state index in [4.69, 9.17) is 22.1 Å². The average Bonchev–Trinajstić information content (AvgIpc) is 2.44. The number of aromatic nitrogens is 3. The lowest BCUT2D eigenvalue weighted by atomic mass is 10.0. The van der Waals surface area contributed by atoms with E-state index in [1.165, 1.54) is 12.5 Å². The summed E-state index contributed by atoms with van der Waals surface area (Å²) in [7, 11) is 3.36. The molecule has 1 atom stereocenters. The minimum Gasteiger partial charge on any atom is -0.481 e. The van der Waals surface area contributed by atoms with Gasteiger partial charge in [-0.25, -0.2) is 15.0 Å². The molecule has 0 radical (unpaired) electrons. The van der Waals surface area contributed by atoms with Crippen molar-refractivity contribution in [2.45, 2.75) is 6.04 Å². The largest absolute Gasteiger partial charge is 0.481 e. The predicted octanol–water partition coefficient (Wildman–Crippen LogP) is 1.42. The number of nitrogens with one attached hydrogen (secondary N) is 1. The van der Waals surface area contributed by atoms with Crippen molar-refractivity contribution >= 4 is 17.4 Å². The number of methoxy groups -OCH3 is 1. The first-order chi connectivity index (χ1) is 9.15. The molecule has 0 aliphatic rings. The fraction of sp³-hybridized carbons (Fsp3) is 0.250. The van der Waals surface area contributed by atoms with Crippen molar-refractivity contribution in [3.8, 4) is 5.88 Å². The summed E-state index contributed by atoms with van der Waals surface area (Å²) in [5.41, 5.74) is 7.38. The Kier molecular flexibility index (Phi) is 4.13. The van der Waals surface area contributed by atoms with Crippen LogP contribution in [0.5, 0.6) is 5.88 Å². The van der Waals surface area contributed by atoms with Gasteiger partial charge in [0, 0.05) is 17.8 Å². The zero-order chi connectivity index (χ0) is 13.8. The molecule has 0 aliphatic heterocycles. The maximum absolute atomic E-state index is 5.96. The van der Waals surface area contributed by atoms with Crippen molar-refractivity contribution < 1.29 is 4.74 Å². The van der Waals surface area contributed by atoms with Crippen LogP contribution in [0.25, 0.3) is 0 Å². The van der Waals surface area contributed by atoms with Gasteiger partial charge in [0.15, 0.2) is 0 Å². The van der Waals surface area contributed by atoms with E-state index in [-0.39, 0.29) is 6.04 Å². The van der Waals surface area contributed by atoms with Gasteiger partial charge in [-0.3, -0.25) is 0 Å². The molecule has 3 N–H and O–H groups in total. The number of nitrogens with two attached hydrogens (primary N) is 1. The Bertz CT molecular complexity index is 578. The molecule has 0 aromatic carbocycles. The van der Waals surface area contributed by atoms with Crippen LogP contribution in [0.2, 0.25) is 5.02 Å². The van der Waals surface area contributed by atoms with Crippen molar-refractivity contribution in [1.82, 2.24) is 20.3 Å². The standard InChI is InChI=1S/C12H14ClN5O/c1-15-11(8-3-7(13)5-16-12(8)14)9-4-10(19-2)18-6-17-9/h3-6,11,15H,1-2H3,(H2,14,16). The quantitative estimate of drug-likeness (QED) is 0.880. The normalized spacial score (nSPS) is 12.2. The van der Waals surface area contributed by atoms with Crippen LogP contribution in [-0.2, 0) is 0 Å². The van der Waals surface area contributed by atoms with Gasteiger partial charge < -0.3 is 15.8 Å². The van der Waals surface area contributed by atoms with E-state index in [1.807, 2.05) is 0 Å². The lowest BCUT2D eigenvalue weighted by Crippen LogP contribution is -2.21. The average molecular weight is 280 g/mol. The molecule has 0 spiro atoms. The van der Waals surface area contributed by atoms with E-state index < -0.39 is 0 Å². The van der Waals surface area contributed by atoms with E-state index in [0.29, 0.717) is 16.7 Å². The highest BCUT2D eigenvalue weighted by atomic mass is 35.5. The molecule has 0 aliphatic carbocycles. The summed E-state index contributed by atoms with van der Waals surface area (Å²) in [5, 5.41) is 3.65. The number of hydrogen-bond donors (Lipinski definition) is 2. The van der Waals surface area contributed by atoms with Crippen LogP contribution in [0.3, 0.4) is 0 Å². The van der Waals surface area contributed by atoms with Gasteiger partial charge in [-0.2, -0.15) is 0 Å². The third-order valence-electron chi connectivity index (χ3n) is 2.68. The molecular weight excluding hydrogens is 266 g/mol. The van der Waals surface area contributed by atoms with Gasteiger partial charge in [-0.05, 0) is 13.1 Å². The summed E-state index contributed by atoms with van der Waals surface area (Å²) in [4.78, 5) is 12.2. The minimum atomic E-state index is -0.233. The van der Waals surface area contributed by atoms with Crippen molar-refractivity contribution in [1.29, 1.82) is 0 Å². The maximum atomic E-state index is 5.96. The van der Waals surface area contributed by atoms with Gasteiger partial charge in [0.2, 0.25) is 5.88 Å². The van der Waals surface area contributed by atoms with Gasteiger partial charge >= 0.3 is 0 Å². The molecule has 2 aromatic heterocycles. The van der Waals surface area contributed by atoms with Gasteiger partial charge in [-0.1, -0.05) is 11.6 Å². The van der Waals surface area contributed by atoms with E-state index in [1.54, 1.807) is 26.3 Å². The zero-order valence-electron chi connectivity index (χ0n) is 10.6. The topological polar surface area (TPSA) is 86.0 Å². The summed E-state index contributed by atoms with van der Waals surface area (Å²) in [5.74, 6) is 0.889. The maximum Gasteiger partial charge on any atom is 0.216 e. The number of pyridine rings is 1. The number of hydrogen-bond acceptors (Lipinski definition) is 6. The summed E-state index contributed by atoms with van der Waals surface area (Å²) >= 11 is 5.96. The molecular formula is C12H14ClN5O. The molecule has 0 bridgehead atoms. The fourth-order valence-electron chi connectivity index (χ4n) is 1.78. The number of nitrogens with zero attached hydrogens (tertiary/aromatic N) is 3. The minimum absolute atomic E-state index is 0.233. The second kappa shape index (κ2) is 5.81. The highest BCUT2D eigenvalue weighted by Gasteiger charge is 2.18. The van der Waals surface area contributed by atoms with E-state index in [2.05, 4.69) is 20.3 Å². The molecule has 6 nitrogen and oxygen atoms in total. The highest BCUT2D eigenvalue weighted by Crippen LogP contribution is 2.27. The Labute approximate surface area is 116 Å². The molecule has 2 heterocycles. The first kappa shape index (κ1) is 13.5. The number of halogens is 1. The Balaban J connectivity index is 2.46. The number of anilines is 1. The van der Waals surface area contributed by atoms with Crippen LogP contribution in [0.15, 0.2) is 24.7 Å². The van der Waals surface area contributed by atoms with Crippen LogP contribution in [0.4, 0.5) is 5.82 Å². The van der Waals surface area contributed by atoms with Gasteiger partial charge in [0.05, 0.1) is 23.9 Å². The Morgan fingerprint density at radius 1 is 1.32 bits per heavy atom. The number of nitrogen functional groups attached to an aromatic ring is 1. The predicted molar refractivity (Wildman–Crippen MR) is 73.1 cm³/mol. The zero-order valence-corrected chi connectivity index (χ0v) is 11.3. The summed E-state index contributed by atoms with van der Waals surface area (Å²) in [6.45, 7) is 0. The van der Waals surface area contributed by atoms with Crippen molar-refractivity contribution in [3.05, 3.63) is 40.9 Å². The molecule has 0 saturated heterocycles. The van der Waals surface area contributed by atoms with Crippen LogP contribution in [-0.4, -0.2) is 29.1 Å². The van der Waals surface area contributed by atoms with Crippen LogP contribution in [0.1, 0.15) is 17.3 Å². The Morgan fingerprint density at radius 2 is 2.11 bits per heavy atom. The Hall–Kier alpha value is -1.92. The first-order valence-corrected chi connectivity index (χ1v) is 5.97.